The lowest BCUT2D eigenvalue weighted by atomic mass is 10.1. The van der Waals surface area contributed by atoms with Crippen molar-refractivity contribution < 1.29 is 9.18 Å². The third kappa shape index (κ3) is 2.92. The van der Waals surface area contributed by atoms with Crippen LogP contribution in [0.3, 0.4) is 0 Å². The fourth-order valence-electron chi connectivity index (χ4n) is 3.33. The molecule has 0 aliphatic rings. The molecule has 0 fully saturated rings. The number of benzene rings is 1. The summed E-state index contributed by atoms with van der Waals surface area (Å²) in [6.07, 6.45) is 1.64. The van der Waals surface area contributed by atoms with Gasteiger partial charge in [-0.05, 0) is 44.2 Å². The molecular formula is C20H19FN6O. The van der Waals surface area contributed by atoms with Gasteiger partial charge >= 0.3 is 0 Å². The SMILES string of the molecule is Cc1cc(C(=O)Nc2ncc(-c3ccc(F)cc3)n2C)c2c(C)nn(C)c2n1. The first-order valence-corrected chi connectivity index (χ1v) is 8.75. The number of fused-ring (bicyclic) bond motifs is 1. The van der Waals surface area contributed by atoms with Crippen molar-refractivity contribution in [2.24, 2.45) is 14.1 Å². The van der Waals surface area contributed by atoms with E-state index in [1.54, 1.807) is 47.7 Å². The lowest BCUT2D eigenvalue weighted by molar-refractivity contribution is 0.102. The van der Waals surface area contributed by atoms with E-state index in [9.17, 15) is 9.18 Å². The highest BCUT2D eigenvalue weighted by molar-refractivity contribution is 6.12. The van der Waals surface area contributed by atoms with E-state index in [2.05, 4.69) is 20.4 Å². The Kier molecular flexibility index (Phi) is 4.18. The summed E-state index contributed by atoms with van der Waals surface area (Å²) < 4.78 is 16.6. The standard InChI is InChI=1S/C20H19FN6O/c1-11-9-15(17-12(2)25-27(4)18(17)23-11)19(28)24-20-22-10-16(26(20)3)13-5-7-14(21)8-6-13/h5-10H,1-4H3,(H,22,24,28). The van der Waals surface area contributed by atoms with Crippen LogP contribution in [0.5, 0.6) is 0 Å². The van der Waals surface area contributed by atoms with Crippen LogP contribution in [-0.2, 0) is 14.1 Å². The minimum Gasteiger partial charge on any atom is -0.313 e. The number of carbonyl (C=O) groups excluding carboxylic acids is 1. The van der Waals surface area contributed by atoms with Crippen molar-refractivity contribution in [2.75, 3.05) is 5.32 Å². The second kappa shape index (κ2) is 6.56. The van der Waals surface area contributed by atoms with Gasteiger partial charge in [0.05, 0.1) is 28.5 Å². The number of nitrogens with one attached hydrogen (secondary N) is 1. The van der Waals surface area contributed by atoms with Gasteiger partial charge in [0, 0.05) is 25.4 Å². The summed E-state index contributed by atoms with van der Waals surface area (Å²) in [6.45, 7) is 3.69. The van der Waals surface area contributed by atoms with Gasteiger partial charge in [-0.2, -0.15) is 5.10 Å². The van der Waals surface area contributed by atoms with Crippen molar-refractivity contribution >= 4 is 22.9 Å². The fourth-order valence-corrected chi connectivity index (χ4v) is 3.33. The van der Waals surface area contributed by atoms with Gasteiger partial charge in [0.1, 0.15) is 5.82 Å². The van der Waals surface area contributed by atoms with Crippen molar-refractivity contribution in [3.8, 4) is 11.3 Å². The summed E-state index contributed by atoms with van der Waals surface area (Å²) in [5, 5.41) is 7.95. The van der Waals surface area contributed by atoms with Crippen LogP contribution in [-0.4, -0.2) is 30.2 Å². The van der Waals surface area contributed by atoms with E-state index in [0.717, 1.165) is 28.0 Å². The first kappa shape index (κ1) is 17.8. The van der Waals surface area contributed by atoms with Gasteiger partial charge in [0.15, 0.2) is 5.65 Å². The van der Waals surface area contributed by atoms with Gasteiger partial charge in [-0.1, -0.05) is 0 Å². The summed E-state index contributed by atoms with van der Waals surface area (Å²) in [7, 11) is 3.60. The first-order chi connectivity index (χ1) is 13.3. The van der Waals surface area contributed by atoms with E-state index < -0.39 is 0 Å². The number of halogens is 1. The molecule has 4 aromatic rings. The van der Waals surface area contributed by atoms with E-state index in [4.69, 9.17) is 0 Å². The molecule has 0 unspecified atom stereocenters. The third-order valence-electron chi connectivity index (χ3n) is 4.69. The van der Waals surface area contributed by atoms with Crippen molar-refractivity contribution in [3.05, 3.63) is 59.3 Å². The molecule has 0 atom stereocenters. The average molecular weight is 378 g/mol. The predicted octanol–water partition coefficient (Wildman–Crippen LogP) is 3.38. The molecule has 1 N–H and O–H groups in total. The number of aryl methyl sites for hydroxylation is 3. The number of aromatic nitrogens is 5. The molecule has 0 aliphatic carbocycles. The minimum atomic E-state index is -0.302. The summed E-state index contributed by atoms with van der Waals surface area (Å²) >= 11 is 0. The van der Waals surface area contributed by atoms with Crippen LogP contribution >= 0.6 is 0 Å². The van der Waals surface area contributed by atoms with Gasteiger partial charge in [-0.15, -0.1) is 0 Å². The van der Waals surface area contributed by atoms with Crippen LogP contribution in [0.15, 0.2) is 36.5 Å². The highest BCUT2D eigenvalue weighted by atomic mass is 19.1. The predicted molar refractivity (Wildman–Crippen MR) is 105 cm³/mol. The molecule has 0 saturated heterocycles. The molecule has 0 bridgehead atoms. The summed E-state index contributed by atoms with van der Waals surface area (Å²) in [5.74, 6) is -0.192. The number of hydrogen-bond acceptors (Lipinski definition) is 4. The van der Waals surface area contributed by atoms with Crippen molar-refractivity contribution in [2.45, 2.75) is 13.8 Å². The maximum Gasteiger partial charge on any atom is 0.258 e. The molecule has 0 radical (unpaired) electrons. The second-order valence-electron chi connectivity index (χ2n) is 6.71. The Morgan fingerprint density at radius 3 is 2.57 bits per heavy atom. The number of hydrogen-bond donors (Lipinski definition) is 1. The topological polar surface area (TPSA) is 77.6 Å². The normalized spacial score (nSPS) is 11.2. The second-order valence-corrected chi connectivity index (χ2v) is 6.71. The Bertz CT molecular complexity index is 1210. The van der Waals surface area contributed by atoms with E-state index in [-0.39, 0.29) is 11.7 Å². The molecule has 1 amide bonds. The summed E-state index contributed by atoms with van der Waals surface area (Å²) in [6, 6.07) is 7.88. The van der Waals surface area contributed by atoms with Gasteiger partial charge in [-0.25, -0.2) is 14.4 Å². The van der Waals surface area contributed by atoms with E-state index in [1.807, 2.05) is 13.8 Å². The minimum absolute atomic E-state index is 0.286. The zero-order valence-electron chi connectivity index (χ0n) is 16.0. The molecule has 1 aromatic carbocycles. The Hall–Kier alpha value is -3.55. The number of carbonyl (C=O) groups is 1. The highest BCUT2D eigenvalue weighted by Gasteiger charge is 2.19. The molecule has 4 rings (SSSR count). The Labute approximate surface area is 160 Å². The van der Waals surface area contributed by atoms with Crippen LogP contribution in [0, 0.1) is 19.7 Å². The monoisotopic (exact) mass is 378 g/mol. The maximum atomic E-state index is 13.2. The van der Waals surface area contributed by atoms with Crippen LogP contribution < -0.4 is 5.32 Å². The largest absolute Gasteiger partial charge is 0.313 e. The highest BCUT2D eigenvalue weighted by Crippen LogP contribution is 2.25. The van der Waals surface area contributed by atoms with E-state index in [0.29, 0.717) is 17.2 Å². The zero-order valence-corrected chi connectivity index (χ0v) is 16.0. The molecule has 0 spiro atoms. The Morgan fingerprint density at radius 1 is 1.14 bits per heavy atom. The molecule has 3 heterocycles. The molecule has 28 heavy (non-hydrogen) atoms. The van der Waals surface area contributed by atoms with Crippen LogP contribution in [0.2, 0.25) is 0 Å². The average Bonchev–Trinajstić information content (AvgIpc) is 3.15. The Morgan fingerprint density at radius 2 is 1.86 bits per heavy atom. The fraction of sp³-hybridized carbons (Fsp3) is 0.200. The quantitative estimate of drug-likeness (QED) is 0.593. The first-order valence-electron chi connectivity index (χ1n) is 8.75. The molecule has 0 aliphatic heterocycles. The van der Waals surface area contributed by atoms with Crippen molar-refractivity contribution in [3.63, 3.8) is 0 Å². The number of nitrogens with zero attached hydrogens (tertiary/aromatic N) is 5. The molecule has 8 heteroatoms. The van der Waals surface area contributed by atoms with Crippen LogP contribution in [0.25, 0.3) is 22.3 Å². The number of pyridine rings is 1. The van der Waals surface area contributed by atoms with Gasteiger partial charge in [0.25, 0.3) is 5.91 Å². The van der Waals surface area contributed by atoms with E-state index in [1.165, 1.54) is 12.1 Å². The smallest absolute Gasteiger partial charge is 0.258 e. The maximum absolute atomic E-state index is 13.2. The third-order valence-corrected chi connectivity index (χ3v) is 4.69. The van der Waals surface area contributed by atoms with Gasteiger partial charge < -0.3 is 4.57 Å². The molecule has 142 valence electrons. The van der Waals surface area contributed by atoms with Gasteiger partial charge in [0.2, 0.25) is 5.95 Å². The summed E-state index contributed by atoms with van der Waals surface area (Å²) in [5.41, 5.74) is 4.20. The Balaban J connectivity index is 1.70. The van der Waals surface area contributed by atoms with E-state index >= 15 is 0 Å². The molecule has 7 nitrogen and oxygen atoms in total. The molecule has 3 aromatic heterocycles. The summed E-state index contributed by atoms with van der Waals surface area (Å²) in [4.78, 5) is 21.8. The van der Waals surface area contributed by atoms with Crippen LogP contribution in [0.1, 0.15) is 21.7 Å². The molecular weight excluding hydrogens is 359 g/mol. The lowest BCUT2D eigenvalue weighted by Gasteiger charge is -2.09. The van der Waals surface area contributed by atoms with Gasteiger partial charge in [-0.3, -0.25) is 14.8 Å². The molecule has 0 saturated carbocycles. The van der Waals surface area contributed by atoms with Crippen molar-refractivity contribution in [1.82, 2.24) is 24.3 Å². The van der Waals surface area contributed by atoms with Crippen LogP contribution in [0.4, 0.5) is 10.3 Å². The van der Waals surface area contributed by atoms with Crippen molar-refractivity contribution in [1.29, 1.82) is 0 Å². The number of rotatable bonds is 3. The number of amides is 1. The zero-order chi connectivity index (χ0) is 20.0. The number of anilines is 1. The lowest BCUT2D eigenvalue weighted by Crippen LogP contribution is -2.16. The number of imidazole rings is 1.